The number of nitrogens with two attached hydrogens (primary N) is 1. The first-order valence-corrected chi connectivity index (χ1v) is 7.67. The Balaban J connectivity index is 0.000000497. The smallest absolute Gasteiger partial charge is 0.134 e. The summed E-state index contributed by atoms with van der Waals surface area (Å²) >= 11 is 6.07. The van der Waals surface area contributed by atoms with E-state index in [1.54, 1.807) is 12.1 Å². The van der Waals surface area contributed by atoms with Crippen LogP contribution < -0.4 is 5.73 Å². The summed E-state index contributed by atoms with van der Waals surface area (Å²) in [6.45, 7) is 4.25. The molecule has 2 N–H and O–H groups in total. The van der Waals surface area contributed by atoms with Crippen molar-refractivity contribution in [1.29, 1.82) is 0 Å². The molecule has 112 valence electrons. The van der Waals surface area contributed by atoms with Gasteiger partial charge in [-0.25, -0.2) is 9.37 Å². The molecule has 0 amide bonds. The molecular weight excluding hydrogens is 287 g/mol. The van der Waals surface area contributed by atoms with Crippen LogP contribution >= 0.6 is 11.6 Å². The second kappa shape index (κ2) is 6.90. The summed E-state index contributed by atoms with van der Waals surface area (Å²) in [6.07, 6.45) is 5.48. The molecule has 0 radical (unpaired) electrons. The lowest BCUT2D eigenvalue weighted by Gasteiger charge is -2.10. The van der Waals surface area contributed by atoms with Gasteiger partial charge < -0.3 is 5.73 Å². The zero-order valence-corrected chi connectivity index (χ0v) is 13.2. The largest absolute Gasteiger partial charge is 0.384 e. The van der Waals surface area contributed by atoms with E-state index in [1.165, 1.54) is 12.6 Å². The number of hydrogen-bond acceptors (Lipinski definition) is 2. The van der Waals surface area contributed by atoms with Gasteiger partial charge in [0.25, 0.3) is 0 Å². The monoisotopic (exact) mass is 306 g/mol. The molecule has 0 bridgehead atoms. The Morgan fingerprint density at radius 2 is 1.95 bits per heavy atom. The van der Waals surface area contributed by atoms with E-state index in [9.17, 15) is 4.39 Å². The average Bonchev–Trinajstić information content (AvgIpc) is 2.93. The fourth-order valence-corrected chi connectivity index (χ4v) is 2.70. The molecule has 0 aliphatic heterocycles. The van der Waals surface area contributed by atoms with Gasteiger partial charge in [0.05, 0.1) is 5.02 Å². The first-order valence-electron chi connectivity index (χ1n) is 7.30. The number of aromatic nitrogens is 1. The van der Waals surface area contributed by atoms with Gasteiger partial charge >= 0.3 is 0 Å². The lowest BCUT2D eigenvalue weighted by molar-refractivity contribution is 0.616. The van der Waals surface area contributed by atoms with Crippen LogP contribution in [0.3, 0.4) is 0 Å². The van der Waals surface area contributed by atoms with Gasteiger partial charge in [0.2, 0.25) is 0 Å². The molecule has 3 rings (SSSR count). The quantitative estimate of drug-likeness (QED) is 0.802. The topological polar surface area (TPSA) is 38.9 Å². The van der Waals surface area contributed by atoms with Crippen LogP contribution in [0.25, 0.3) is 11.1 Å². The Morgan fingerprint density at radius 3 is 2.67 bits per heavy atom. The van der Waals surface area contributed by atoms with E-state index in [0.717, 1.165) is 30.4 Å². The molecule has 2 nitrogen and oxygen atoms in total. The van der Waals surface area contributed by atoms with Gasteiger partial charge in [-0.15, -0.1) is 0 Å². The first kappa shape index (κ1) is 15.8. The number of aryl methyl sites for hydroxylation is 1. The summed E-state index contributed by atoms with van der Waals surface area (Å²) < 4.78 is 14.5. The number of pyridine rings is 1. The van der Waals surface area contributed by atoms with Crippen molar-refractivity contribution in [3.63, 3.8) is 0 Å². The molecule has 1 aromatic carbocycles. The van der Waals surface area contributed by atoms with Crippen LogP contribution in [0.15, 0.2) is 24.4 Å². The van der Waals surface area contributed by atoms with Crippen LogP contribution in [0, 0.1) is 5.82 Å². The summed E-state index contributed by atoms with van der Waals surface area (Å²) in [7, 11) is 0. The van der Waals surface area contributed by atoms with E-state index < -0.39 is 0 Å². The Labute approximate surface area is 130 Å². The van der Waals surface area contributed by atoms with Crippen molar-refractivity contribution in [3.8, 4) is 11.1 Å². The SMILES string of the molecule is CCC.Nc1cc(-c2ccc3c(c2F)CCC3)c(Cl)cn1. The highest BCUT2D eigenvalue weighted by molar-refractivity contribution is 6.33. The summed E-state index contributed by atoms with van der Waals surface area (Å²) in [6, 6.07) is 5.37. The molecule has 0 spiro atoms. The number of halogens is 2. The molecule has 21 heavy (non-hydrogen) atoms. The van der Waals surface area contributed by atoms with Gasteiger partial charge in [-0.2, -0.15) is 0 Å². The molecule has 1 aliphatic rings. The molecule has 0 unspecified atom stereocenters. The van der Waals surface area contributed by atoms with Gasteiger partial charge in [-0.1, -0.05) is 44.0 Å². The van der Waals surface area contributed by atoms with Crippen LogP contribution in [-0.2, 0) is 12.8 Å². The second-order valence-corrected chi connectivity index (χ2v) is 5.62. The summed E-state index contributed by atoms with van der Waals surface area (Å²) in [5.41, 5.74) is 8.68. The minimum atomic E-state index is -0.169. The van der Waals surface area contributed by atoms with Crippen LogP contribution in [0.2, 0.25) is 5.02 Å². The summed E-state index contributed by atoms with van der Waals surface area (Å²) in [5.74, 6) is 0.173. The van der Waals surface area contributed by atoms with Crippen LogP contribution in [0.1, 0.15) is 37.8 Å². The average molecular weight is 307 g/mol. The summed E-state index contributed by atoms with van der Waals surface area (Å²) in [4.78, 5) is 3.89. The number of nitrogen functional groups attached to an aromatic ring is 1. The zero-order valence-electron chi connectivity index (χ0n) is 12.4. The van der Waals surface area contributed by atoms with E-state index in [2.05, 4.69) is 18.8 Å². The third-order valence-electron chi connectivity index (χ3n) is 3.38. The minimum Gasteiger partial charge on any atom is -0.384 e. The molecule has 1 aromatic heterocycles. The molecule has 0 atom stereocenters. The summed E-state index contributed by atoms with van der Waals surface area (Å²) in [5, 5.41) is 0.418. The van der Waals surface area contributed by atoms with Crippen LogP contribution in [0.5, 0.6) is 0 Å². The Kier molecular flexibility index (Phi) is 5.18. The van der Waals surface area contributed by atoms with E-state index in [4.69, 9.17) is 17.3 Å². The van der Waals surface area contributed by atoms with Crippen molar-refractivity contribution in [2.75, 3.05) is 5.73 Å². The Bertz CT molecular complexity index is 641. The molecule has 2 aromatic rings. The highest BCUT2D eigenvalue weighted by Crippen LogP contribution is 2.35. The standard InChI is InChI=1S/C14H12ClFN2.C3H8/c15-12-7-18-13(17)6-11(12)10-5-4-8-2-1-3-9(8)14(10)16;1-3-2/h4-7H,1-3H2,(H2,17,18);3H2,1-2H3. The van der Waals surface area contributed by atoms with Gasteiger partial charge in [0.15, 0.2) is 0 Å². The van der Waals surface area contributed by atoms with E-state index in [1.807, 2.05) is 6.07 Å². The molecule has 1 aliphatic carbocycles. The molecule has 4 heteroatoms. The lowest BCUT2D eigenvalue weighted by Crippen LogP contribution is -1.96. The van der Waals surface area contributed by atoms with E-state index in [-0.39, 0.29) is 5.82 Å². The third kappa shape index (κ3) is 3.35. The Morgan fingerprint density at radius 1 is 1.24 bits per heavy atom. The van der Waals surface area contributed by atoms with Crippen LogP contribution in [0.4, 0.5) is 10.2 Å². The predicted molar refractivity (Wildman–Crippen MR) is 87.0 cm³/mol. The van der Waals surface area contributed by atoms with Crippen molar-refractivity contribution < 1.29 is 4.39 Å². The second-order valence-electron chi connectivity index (χ2n) is 5.21. The van der Waals surface area contributed by atoms with Crippen molar-refractivity contribution in [1.82, 2.24) is 4.98 Å². The van der Waals surface area contributed by atoms with Crippen molar-refractivity contribution in [2.24, 2.45) is 0 Å². The lowest BCUT2D eigenvalue weighted by atomic mass is 10.00. The molecule has 0 fully saturated rings. The highest BCUT2D eigenvalue weighted by Gasteiger charge is 2.19. The minimum absolute atomic E-state index is 0.169. The number of rotatable bonds is 1. The number of hydrogen-bond donors (Lipinski definition) is 1. The van der Waals surface area contributed by atoms with Crippen LogP contribution in [-0.4, -0.2) is 4.98 Å². The first-order chi connectivity index (χ1) is 10.1. The number of anilines is 1. The van der Waals surface area contributed by atoms with Crippen molar-refractivity contribution in [3.05, 3.63) is 46.4 Å². The van der Waals surface area contributed by atoms with E-state index in [0.29, 0.717) is 22.0 Å². The van der Waals surface area contributed by atoms with Crippen molar-refractivity contribution >= 4 is 17.4 Å². The van der Waals surface area contributed by atoms with Crippen molar-refractivity contribution in [2.45, 2.75) is 39.5 Å². The maximum Gasteiger partial charge on any atom is 0.134 e. The number of nitrogens with zero attached hydrogens (tertiary/aromatic N) is 1. The molecule has 0 saturated heterocycles. The maximum absolute atomic E-state index is 14.5. The van der Waals surface area contributed by atoms with Gasteiger partial charge in [0.1, 0.15) is 11.6 Å². The highest BCUT2D eigenvalue weighted by atomic mass is 35.5. The molecule has 0 saturated carbocycles. The number of fused-ring (bicyclic) bond motifs is 1. The predicted octanol–water partition coefficient (Wildman–Crippen LogP) is 5.03. The molecule has 1 heterocycles. The third-order valence-corrected chi connectivity index (χ3v) is 3.68. The number of benzene rings is 1. The maximum atomic E-state index is 14.5. The fourth-order valence-electron chi connectivity index (χ4n) is 2.49. The van der Waals surface area contributed by atoms with Gasteiger partial charge in [-0.3, -0.25) is 0 Å². The Hall–Kier alpha value is -1.61. The van der Waals surface area contributed by atoms with Gasteiger partial charge in [-0.05, 0) is 36.5 Å². The zero-order chi connectivity index (χ0) is 15.4. The van der Waals surface area contributed by atoms with Gasteiger partial charge in [0, 0.05) is 17.3 Å². The fraction of sp³-hybridized carbons (Fsp3) is 0.353. The normalized spacial score (nSPS) is 12.6. The molecular formula is C17H20ClFN2. The van der Waals surface area contributed by atoms with E-state index >= 15 is 0 Å².